The van der Waals surface area contributed by atoms with E-state index in [0.717, 1.165) is 0 Å². The highest BCUT2D eigenvalue weighted by atomic mass is 79.9. The lowest BCUT2D eigenvalue weighted by Crippen LogP contribution is -2.10. The zero-order valence-electron chi connectivity index (χ0n) is 7.94. The molecular weight excluding hydrogens is 264 g/mol. The van der Waals surface area contributed by atoms with Gasteiger partial charge < -0.3 is 14.6 Å². The Balaban J connectivity index is 2.86. The number of para-hydroxylation sites is 1. The van der Waals surface area contributed by atoms with Crippen LogP contribution >= 0.6 is 15.9 Å². The maximum atomic E-state index is 11.1. The number of rotatable bonds is 3. The average molecular weight is 273 g/mol. The van der Waals surface area contributed by atoms with Gasteiger partial charge in [0.05, 0.1) is 11.6 Å². The molecule has 15 heavy (non-hydrogen) atoms. The lowest BCUT2D eigenvalue weighted by molar-refractivity contribution is -0.138. The van der Waals surface area contributed by atoms with Gasteiger partial charge >= 0.3 is 5.97 Å². The summed E-state index contributed by atoms with van der Waals surface area (Å²) in [6, 6.07) is 6.95. The molecule has 1 aromatic rings. The predicted octanol–water partition coefficient (Wildman–Crippen LogP) is 2.40. The van der Waals surface area contributed by atoms with Crippen molar-refractivity contribution in [3.63, 3.8) is 0 Å². The number of carbonyl (C=O) groups excluding carboxylic acids is 1. The normalized spacial score (nSPS) is 10.9. The van der Waals surface area contributed by atoms with Gasteiger partial charge in [0, 0.05) is 0 Å². The highest BCUT2D eigenvalue weighted by Gasteiger charge is 2.13. The Morgan fingerprint density at radius 1 is 1.47 bits per heavy atom. The minimum Gasteiger partial charge on any atom is -0.511 e. The van der Waals surface area contributed by atoms with Crippen LogP contribution in [0, 0.1) is 0 Å². The first-order valence-electron chi connectivity index (χ1n) is 4.04. The molecule has 0 aliphatic rings. The van der Waals surface area contributed by atoms with Crippen molar-refractivity contribution in [1.82, 2.24) is 0 Å². The molecule has 0 unspecified atom stereocenters. The Morgan fingerprint density at radius 3 is 2.67 bits per heavy atom. The van der Waals surface area contributed by atoms with E-state index in [9.17, 15) is 4.79 Å². The van der Waals surface area contributed by atoms with Crippen LogP contribution in [0.2, 0.25) is 0 Å². The Kier molecular flexibility index (Phi) is 4.17. The fourth-order valence-corrected chi connectivity index (χ4v) is 1.23. The second-order valence-corrected chi connectivity index (χ2v) is 3.37. The SMILES string of the molecule is COC(=O)/C(=C\O)Oc1ccccc1Br. The summed E-state index contributed by atoms with van der Waals surface area (Å²) >= 11 is 3.24. The zero-order chi connectivity index (χ0) is 11.3. The number of benzene rings is 1. The molecule has 0 atom stereocenters. The van der Waals surface area contributed by atoms with Crippen LogP contribution in [0.5, 0.6) is 5.75 Å². The maximum absolute atomic E-state index is 11.1. The van der Waals surface area contributed by atoms with Crippen LogP contribution in [0.25, 0.3) is 0 Å². The van der Waals surface area contributed by atoms with Gasteiger partial charge in [-0.05, 0) is 28.1 Å². The van der Waals surface area contributed by atoms with Crippen LogP contribution in [0.3, 0.4) is 0 Å². The molecule has 5 heteroatoms. The van der Waals surface area contributed by atoms with Crippen molar-refractivity contribution in [1.29, 1.82) is 0 Å². The summed E-state index contributed by atoms with van der Waals surface area (Å²) < 4.78 is 10.2. The largest absolute Gasteiger partial charge is 0.511 e. The van der Waals surface area contributed by atoms with Crippen molar-refractivity contribution in [3.8, 4) is 5.75 Å². The third-order valence-corrected chi connectivity index (χ3v) is 2.22. The van der Waals surface area contributed by atoms with Crippen LogP contribution in [-0.2, 0) is 9.53 Å². The van der Waals surface area contributed by atoms with E-state index in [2.05, 4.69) is 20.7 Å². The summed E-state index contributed by atoms with van der Waals surface area (Å²) in [5, 5.41) is 8.78. The predicted molar refractivity (Wildman–Crippen MR) is 57.5 cm³/mol. The van der Waals surface area contributed by atoms with Gasteiger partial charge in [-0.2, -0.15) is 0 Å². The third kappa shape index (κ3) is 2.99. The number of esters is 1. The molecule has 0 heterocycles. The summed E-state index contributed by atoms with van der Waals surface area (Å²) in [6.45, 7) is 0. The summed E-state index contributed by atoms with van der Waals surface area (Å²) in [5.41, 5.74) is 0. The van der Waals surface area contributed by atoms with Crippen LogP contribution in [0.4, 0.5) is 0 Å². The summed E-state index contributed by atoms with van der Waals surface area (Å²) in [5.74, 6) is -0.596. The second kappa shape index (κ2) is 5.41. The Labute approximate surface area is 95.3 Å². The monoisotopic (exact) mass is 272 g/mol. The molecule has 4 nitrogen and oxygen atoms in total. The summed E-state index contributed by atoms with van der Waals surface area (Å²) in [7, 11) is 1.20. The Bertz CT molecular complexity index is 387. The van der Waals surface area contributed by atoms with Gasteiger partial charge in [-0.1, -0.05) is 12.1 Å². The fraction of sp³-hybridized carbons (Fsp3) is 0.100. The van der Waals surface area contributed by atoms with Crippen LogP contribution in [0.1, 0.15) is 0 Å². The number of methoxy groups -OCH3 is 1. The van der Waals surface area contributed by atoms with Crippen molar-refractivity contribution in [2.75, 3.05) is 7.11 Å². The Morgan fingerprint density at radius 2 is 2.13 bits per heavy atom. The molecular formula is C10H9BrO4. The molecule has 1 aromatic carbocycles. The van der Waals surface area contributed by atoms with Crippen LogP contribution < -0.4 is 4.74 Å². The van der Waals surface area contributed by atoms with E-state index in [1.165, 1.54) is 7.11 Å². The van der Waals surface area contributed by atoms with E-state index in [1.54, 1.807) is 24.3 Å². The van der Waals surface area contributed by atoms with E-state index in [0.29, 0.717) is 16.5 Å². The molecule has 0 saturated carbocycles. The fourth-order valence-electron chi connectivity index (χ4n) is 0.867. The van der Waals surface area contributed by atoms with Gasteiger partial charge in [0.25, 0.3) is 0 Å². The maximum Gasteiger partial charge on any atom is 0.377 e. The van der Waals surface area contributed by atoms with E-state index in [1.807, 2.05) is 0 Å². The molecule has 0 aromatic heterocycles. The minimum absolute atomic E-state index is 0.274. The summed E-state index contributed by atoms with van der Waals surface area (Å²) in [4.78, 5) is 11.1. The molecule has 0 spiro atoms. The number of ether oxygens (including phenoxy) is 2. The number of halogens is 1. The average Bonchev–Trinajstić information content (AvgIpc) is 2.27. The van der Waals surface area contributed by atoms with Crippen molar-refractivity contribution in [2.24, 2.45) is 0 Å². The molecule has 0 radical (unpaired) electrons. The highest BCUT2D eigenvalue weighted by molar-refractivity contribution is 9.10. The number of hydrogen-bond donors (Lipinski definition) is 1. The molecule has 0 saturated heterocycles. The molecule has 0 fully saturated rings. The van der Waals surface area contributed by atoms with E-state index >= 15 is 0 Å². The minimum atomic E-state index is -0.742. The molecule has 0 amide bonds. The number of carbonyl (C=O) groups is 1. The van der Waals surface area contributed by atoms with Crippen molar-refractivity contribution < 1.29 is 19.4 Å². The smallest absolute Gasteiger partial charge is 0.377 e. The van der Waals surface area contributed by atoms with Crippen LogP contribution in [-0.4, -0.2) is 18.2 Å². The first-order valence-corrected chi connectivity index (χ1v) is 4.83. The van der Waals surface area contributed by atoms with Gasteiger partial charge in [-0.25, -0.2) is 4.79 Å². The van der Waals surface area contributed by atoms with E-state index < -0.39 is 5.97 Å². The van der Waals surface area contributed by atoms with Gasteiger partial charge in [0.15, 0.2) is 0 Å². The van der Waals surface area contributed by atoms with Gasteiger partial charge in [-0.15, -0.1) is 0 Å². The van der Waals surface area contributed by atoms with Gasteiger partial charge in [-0.3, -0.25) is 0 Å². The van der Waals surface area contributed by atoms with Gasteiger partial charge in [0.2, 0.25) is 5.76 Å². The molecule has 80 valence electrons. The van der Waals surface area contributed by atoms with Crippen LogP contribution in [0.15, 0.2) is 40.8 Å². The van der Waals surface area contributed by atoms with Crippen molar-refractivity contribution in [2.45, 2.75) is 0 Å². The summed E-state index contributed by atoms with van der Waals surface area (Å²) in [6.07, 6.45) is 0.561. The number of aliphatic hydroxyl groups excluding tert-OH is 1. The quantitative estimate of drug-likeness (QED) is 0.522. The van der Waals surface area contributed by atoms with E-state index in [-0.39, 0.29) is 5.76 Å². The number of aliphatic hydroxyl groups is 1. The molecule has 0 bridgehead atoms. The topological polar surface area (TPSA) is 55.8 Å². The molecule has 1 N–H and O–H groups in total. The third-order valence-electron chi connectivity index (χ3n) is 1.56. The lowest BCUT2D eigenvalue weighted by atomic mass is 10.3. The standard InChI is InChI=1S/C10H9BrO4/c1-14-10(13)9(6-12)15-8-5-3-2-4-7(8)11/h2-6,12H,1H3/b9-6+. The lowest BCUT2D eigenvalue weighted by Gasteiger charge is -2.07. The highest BCUT2D eigenvalue weighted by Crippen LogP contribution is 2.25. The zero-order valence-corrected chi connectivity index (χ0v) is 9.52. The second-order valence-electron chi connectivity index (χ2n) is 2.52. The van der Waals surface area contributed by atoms with Crippen molar-refractivity contribution >= 4 is 21.9 Å². The molecule has 0 aliphatic carbocycles. The molecule has 0 aliphatic heterocycles. The van der Waals surface area contributed by atoms with E-state index in [4.69, 9.17) is 9.84 Å². The first kappa shape index (κ1) is 11.6. The first-order chi connectivity index (χ1) is 7.19. The van der Waals surface area contributed by atoms with Gasteiger partial charge in [0.1, 0.15) is 12.0 Å². The molecule has 1 rings (SSSR count). The Hall–Kier alpha value is -1.49. The van der Waals surface area contributed by atoms with Crippen molar-refractivity contribution in [3.05, 3.63) is 40.8 Å². The number of hydrogen-bond acceptors (Lipinski definition) is 4.